The zero-order valence-electron chi connectivity index (χ0n) is 9.51. The molecule has 0 aliphatic heterocycles. The molecule has 18 heavy (non-hydrogen) atoms. The number of hydrogen-bond donors (Lipinski definition) is 0. The van der Waals surface area contributed by atoms with Gasteiger partial charge in [0.2, 0.25) is 0 Å². The Hall–Kier alpha value is -1.86. The van der Waals surface area contributed by atoms with Crippen LogP contribution in [-0.2, 0) is 19.5 Å². The molecule has 0 radical (unpaired) electrons. The molecule has 2 aromatic rings. The number of aryl methyl sites for hydroxylation is 2. The van der Waals surface area contributed by atoms with Gasteiger partial charge in [0.15, 0.2) is 0 Å². The van der Waals surface area contributed by atoms with Crippen LogP contribution in [-0.4, -0.2) is 30.7 Å². The van der Waals surface area contributed by atoms with Gasteiger partial charge in [-0.3, -0.25) is 4.68 Å². The number of aromatic nitrogens is 5. The number of hydrogen-bond acceptors (Lipinski definition) is 3. The molecule has 2 aromatic heterocycles. The van der Waals surface area contributed by atoms with Gasteiger partial charge in [0.1, 0.15) is 18.7 Å². The Kier molecular flexibility index (Phi) is 3.63. The summed E-state index contributed by atoms with van der Waals surface area (Å²) in [5.41, 5.74) is 0. The van der Waals surface area contributed by atoms with Crippen molar-refractivity contribution >= 4 is 0 Å². The normalized spacial score (nSPS) is 11.9. The standard InChI is InChI=1S/C10H12F3N5/c11-10(12,13)7-18-9(14-8-16-18)3-1-5-17-6-2-4-15-17/h2,4,6,8H,1,3,5,7H2. The van der Waals surface area contributed by atoms with E-state index >= 15 is 0 Å². The number of nitrogens with zero attached hydrogens (tertiary/aromatic N) is 5. The van der Waals surface area contributed by atoms with Crippen molar-refractivity contribution in [3.05, 3.63) is 30.6 Å². The summed E-state index contributed by atoms with van der Waals surface area (Å²) in [6, 6.07) is 1.80. The lowest BCUT2D eigenvalue weighted by Crippen LogP contribution is -2.20. The van der Waals surface area contributed by atoms with E-state index in [1.807, 2.05) is 0 Å². The summed E-state index contributed by atoms with van der Waals surface area (Å²) in [6.07, 6.45) is 1.44. The smallest absolute Gasteiger partial charge is 0.273 e. The molecular weight excluding hydrogens is 247 g/mol. The number of alkyl halides is 3. The summed E-state index contributed by atoms with van der Waals surface area (Å²) in [5.74, 6) is 0.347. The topological polar surface area (TPSA) is 48.5 Å². The average molecular weight is 259 g/mol. The Morgan fingerprint density at radius 2 is 2.06 bits per heavy atom. The largest absolute Gasteiger partial charge is 0.408 e. The van der Waals surface area contributed by atoms with E-state index in [1.165, 1.54) is 0 Å². The van der Waals surface area contributed by atoms with Crippen molar-refractivity contribution in [1.29, 1.82) is 0 Å². The minimum Gasteiger partial charge on any atom is -0.273 e. The third-order valence-corrected chi connectivity index (χ3v) is 2.37. The zero-order chi connectivity index (χ0) is 13.0. The first-order chi connectivity index (χ1) is 8.54. The second-order valence-electron chi connectivity index (χ2n) is 3.82. The summed E-state index contributed by atoms with van der Waals surface area (Å²) >= 11 is 0. The van der Waals surface area contributed by atoms with Crippen LogP contribution < -0.4 is 0 Å². The van der Waals surface area contributed by atoms with Crippen LogP contribution in [0.3, 0.4) is 0 Å². The molecule has 0 spiro atoms. The fourth-order valence-corrected chi connectivity index (χ4v) is 1.62. The van der Waals surface area contributed by atoms with Crippen molar-refractivity contribution < 1.29 is 13.2 Å². The van der Waals surface area contributed by atoms with Gasteiger partial charge in [-0.1, -0.05) is 0 Å². The molecule has 0 aliphatic carbocycles. The molecule has 0 aliphatic rings. The molecule has 0 aromatic carbocycles. The van der Waals surface area contributed by atoms with E-state index in [0.29, 0.717) is 25.2 Å². The van der Waals surface area contributed by atoms with Gasteiger partial charge < -0.3 is 0 Å². The van der Waals surface area contributed by atoms with Crippen LogP contribution in [0.4, 0.5) is 13.2 Å². The van der Waals surface area contributed by atoms with Crippen molar-refractivity contribution in [1.82, 2.24) is 24.5 Å². The van der Waals surface area contributed by atoms with E-state index in [4.69, 9.17) is 0 Å². The Morgan fingerprint density at radius 3 is 2.72 bits per heavy atom. The van der Waals surface area contributed by atoms with Gasteiger partial charge in [-0.15, -0.1) is 0 Å². The molecule has 8 heteroatoms. The molecule has 5 nitrogen and oxygen atoms in total. The van der Waals surface area contributed by atoms with Crippen molar-refractivity contribution in [3.8, 4) is 0 Å². The van der Waals surface area contributed by atoms with Crippen molar-refractivity contribution in [2.45, 2.75) is 32.1 Å². The number of rotatable bonds is 5. The Morgan fingerprint density at radius 1 is 1.22 bits per heavy atom. The molecule has 0 atom stereocenters. The third-order valence-electron chi connectivity index (χ3n) is 2.37. The van der Waals surface area contributed by atoms with Crippen LogP contribution in [0.5, 0.6) is 0 Å². The lowest BCUT2D eigenvalue weighted by atomic mass is 10.3. The molecule has 0 amide bonds. The molecule has 0 fully saturated rings. The van der Waals surface area contributed by atoms with E-state index in [1.54, 1.807) is 23.1 Å². The van der Waals surface area contributed by atoms with Crippen LogP contribution in [0, 0.1) is 0 Å². The SMILES string of the molecule is FC(F)(F)Cn1ncnc1CCCn1cccn1. The van der Waals surface area contributed by atoms with Gasteiger partial charge in [-0.05, 0) is 12.5 Å². The van der Waals surface area contributed by atoms with E-state index in [2.05, 4.69) is 15.2 Å². The first-order valence-corrected chi connectivity index (χ1v) is 5.45. The Bertz CT molecular complexity index is 474. The summed E-state index contributed by atoms with van der Waals surface area (Å²) in [7, 11) is 0. The van der Waals surface area contributed by atoms with Crippen LogP contribution in [0.25, 0.3) is 0 Å². The van der Waals surface area contributed by atoms with Crippen LogP contribution in [0.15, 0.2) is 24.8 Å². The van der Waals surface area contributed by atoms with Gasteiger partial charge in [0.25, 0.3) is 0 Å². The quantitative estimate of drug-likeness (QED) is 0.820. The minimum absolute atomic E-state index is 0.347. The maximum Gasteiger partial charge on any atom is 0.408 e. The first kappa shape index (κ1) is 12.6. The second-order valence-corrected chi connectivity index (χ2v) is 3.82. The predicted molar refractivity (Wildman–Crippen MR) is 56.6 cm³/mol. The highest BCUT2D eigenvalue weighted by molar-refractivity contribution is 4.86. The maximum atomic E-state index is 12.2. The molecule has 0 saturated carbocycles. The Balaban J connectivity index is 1.88. The van der Waals surface area contributed by atoms with E-state index in [-0.39, 0.29) is 0 Å². The van der Waals surface area contributed by atoms with E-state index in [9.17, 15) is 13.2 Å². The molecule has 2 rings (SSSR count). The summed E-state index contributed by atoms with van der Waals surface area (Å²) in [4.78, 5) is 3.84. The Labute approximate surface area is 101 Å². The van der Waals surface area contributed by atoms with Crippen LogP contribution in [0.2, 0.25) is 0 Å². The molecule has 0 saturated heterocycles. The van der Waals surface area contributed by atoms with Gasteiger partial charge in [-0.25, -0.2) is 9.67 Å². The fraction of sp³-hybridized carbons (Fsp3) is 0.500. The monoisotopic (exact) mass is 259 g/mol. The highest BCUT2D eigenvalue weighted by atomic mass is 19.4. The summed E-state index contributed by atoms with van der Waals surface area (Å²) in [6.45, 7) is -0.448. The summed E-state index contributed by atoms with van der Waals surface area (Å²) in [5, 5.41) is 7.59. The maximum absolute atomic E-state index is 12.2. The van der Waals surface area contributed by atoms with E-state index in [0.717, 1.165) is 11.0 Å². The van der Waals surface area contributed by atoms with Crippen molar-refractivity contribution in [2.75, 3.05) is 0 Å². The van der Waals surface area contributed by atoms with Crippen LogP contribution in [0.1, 0.15) is 12.2 Å². The highest BCUT2D eigenvalue weighted by Gasteiger charge is 2.29. The second kappa shape index (κ2) is 5.19. The first-order valence-electron chi connectivity index (χ1n) is 5.45. The fourth-order valence-electron chi connectivity index (χ4n) is 1.62. The third kappa shape index (κ3) is 3.57. The number of halogens is 3. The molecule has 0 unspecified atom stereocenters. The van der Waals surface area contributed by atoms with Gasteiger partial charge in [0.05, 0.1) is 0 Å². The lowest BCUT2D eigenvalue weighted by molar-refractivity contribution is -0.143. The molecule has 0 N–H and O–H groups in total. The van der Waals surface area contributed by atoms with E-state index < -0.39 is 12.7 Å². The van der Waals surface area contributed by atoms with Gasteiger partial charge in [-0.2, -0.15) is 23.4 Å². The van der Waals surface area contributed by atoms with Crippen LogP contribution >= 0.6 is 0 Å². The molecular formula is C10H12F3N5. The van der Waals surface area contributed by atoms with Gasteiger partial charge in [0, 0.05) is 25.4 Å². The van der Waals surface area contributed by atoms with Crippen molar-refractivity contribution in [2.24, 2.45) is 0 Å². The minimum atomic E-state index is -4.27. The zero-order valence-corrected chi connectivity index (χ0v) is 9.51. The lowest BCUT2D eigenvalue weighted by Gasteiger charge is -2.08. The predicted octanol–water partition coefficient (Wildman–Crippen LogP) is 1.67. The molecule has 98 valence electrons. The highest BCUT2D eigenvalue weighted by Crippen LogP contribution is 2.17. The van der Waals surface area contributed by atoms with Gasteiger partial charge >= 0.3 is 6.18 Å². The average Bonchev–Trinajstić information content (AvgIpc) is 2.89. The molecule has 2 heterocycles. The van der Waals surface area contributed by atoms with Crippen molar-refractivity contribution in [3.63, 3.8) is 0 Å². The molecule has 0 bridgehead atoms. The summed E-state index contributed by atoms with van der Waals surface area (Å²) < 4.78 is 39.3.